The van der Waals surface area contributed by atoms with E-state index in [-0.39, 0.29) is 22.1 Å². The largest absolute Gasteiger partial charge is 0.507 e. The Labute approximate surface area is 203 Å². The summed E-state index contributed by atoms with van der Waals surface area (Å²) in [6.45, 7) is -0.568. The van der Waals surface area contributed by atoms with Crippen molar-refractivity contribution in [2.45, 2.75) is 4.90 Å². The molecule has 0 aliphatic heterocycles. The number of carbonyl (C=O) groups excluding carboxylic acids is 1. The van der Waals surface area contributed by atoms with Crippen molar-refractivity contribution >= 4 is 27.8 Å². The number of hydrogen-bond donors (Lipinski definition) is 2. The van der Waals surface area contributed by atoms with Gasteiger partial charge in [0.05, 0.1) is 38.1 Å². The molecule has 184 valence electrons. The molecule has 0 aliphatic rings. The van der Waals surface area contributed by atoms with Crippen molar-refractivity contribution in [1.29, 1.82) is 0 Å². The van der Waals surface area contributed by atoms with Crippen molar-refractivity contribution in [3.8, 4) is 23.0 Å². The standard InChI is InChI=1S/C24H25N3O7S/c1-32-19-10-8-18(9-11-19)27(16-24(29)26-25-15-17-6-4-5-7-21(17)28)35(30,31)20-12-13-22(33-2)23(14-20)34-3/h4-15,28H,16H2,1-3H3,(H,26,29). The molecule has 3 aromatic carbocycles. The van der Waals surface area contributed by atoms with Gasteiger partial charge in [-0.05, 0) is 48.5 Å². The van der Waals surface area contributed by atoms with E-state index < -0.39 is 22.5 Å². The maximum Gasteiger partial charge on any atom is 0.264 e. The van der Waals surface area contributed by atoms with Crippen LogP contribution in [0.1, 0.15) is 5.56 Å². The minimum absolute atomic E-state index is 0.0126. The molecule has 0 unspecified atom stereocenters. The SMILES string of the molecule is COc1ccc(N(CC(=O)NN=Cc2ccccc2O)S(=O)(=O)c2ccc(OC)c(OC)c2)cc1. The quantitative estimate of drug-likeness (QED) is 0.324. The molecule has 0 saturated heterocycles. The number of ether oxygens (including phenoxy) is 3. The zero-order valence-electron chi connectivity index (χ0n) is 19.3. The Kier molecular flexibility index (Phi) is 8.16. The van der Waals surface area contributed by atoms with Crippen molar-refractivity contribution in [3.05, 3.63) is 72.3 Å². The van der Waals surface area contributed by atoms with E-state index >= 15 is 0 Å². The highest BCUT2D eigenvalue weighted by Gasteiger charge is 2.28. The number of anilines is 1. The van der Waals surface area contributed by atoms with Crippen LogP contribution in [0.4, 0.5) is 5.69 Å². The van der Waals surface area contributed by atoms with Gasteiger partial charge in [0.1, 0.15) is 18.0 Å². The van der Waals surface area contributed by atoms with E-state index in [0.717, 1.165) is 4.31 Å². The number of carbonyl (C=O) groups is 1. The minimum Gasteiger partial charge on any atom is -0.507 e. The van der Waals surface area contributed by atoms with Crippen LogP contribution in [0.3, 0.4) is 0 Å². The minimum atomic E-state index is -4.21. The van der Waals surface area contributed by atoms with Crippen LogP contribution in [0.2, 0.25) is 0 Å². The molecule has 0 fully saturated rings. The van der Waals surface area contributed by atoms with Crippen LogP contribution < -0.4 is 23.9 Å². The Balaban J connectivity index is 1.91. The summed E-state index contributed by atoms with van der Waals surface area (Å²) in [5.41, 5.74) is 2.91. The summed E-state index contributed by atoms with van der Waals surface area (Å²) < 4.78 is 43.7. The number of amides is 1. The summed E-state index contributed by atoms with van der Waals surface area (Å²) in [7, 11) is 0.118. The molecule has 0 heterocycles. The Morgan fingerprint density at radius 2 is 1.66 bits per heavy atom. The van der Waals surface area contributed by atoms with Crippen LogP contribution in [0.25, 0.3) is 0 Å². The topological polar surface area (TPSA) is 127 Å². The Bertz CT molecular complexity index is 1310. The Morgan fingerprint density at radius 1 is 0.971 bits per heavy atom. The second-order valence-corrected chi connectivity index (χ2v) is 8.94. The smallest absolute Gasteiger partial charge is 0.264 e. The van der Waals surface area contributed by atoms with Crippen molar-refractivity contribution in [2.24, 2.45) is 5.10 Å². The number of nitrogens with one attached hydrogen (secondary N) is 1. The molecule has 0 bridgehead atoms. The van der Waals surface area contributed by atoms with Gasteiger partial charge in [0, 0.05) is 11.6 Å². The number of sulfonamides is 1. The third kappa shape index (κ3) is 6.01. The fourth-order valence-corrected chi connectivity index (χ4v) is 4.54. The number of rotatable bonds is 10. The number of para-hydroxylation sites is 1. The van der Waals surface area contributed by atoms with Gasteiger partial charge in [0.15, 0.2) is 11.5 Å². The van der Waals surface area contributed by atoms with Gasteiger partial charge in [0.2, 0.25) is 0 Å². The fourth-order valence-electron chi connectivity index (χ4n) is 3.10. The van der Waals surface area contributed by atoms with Gasteiger partial charge in [-0.1, -0.05) is 12.1 Å². The third-order valence-electron chi connectivity index (χ3n) is 4.92. The average Bonchev–Trinajstić information content (AvgIpc) is 2.88. The number of benzene rings is 3. The molecule has 3 rings (SSSR count). The lowest BCUT2D eigenvalue weighted by atomic mass is 10.2. The lowest BCUT2D eigenvalue weighted by molar-refractivity contribution is -0.119. The lowest BCUT2D eigenvalue weighted by Crippen LogP contribution is -2.39. The van der Waals surface area contributed by atoms with Crippen LogP contribution in [0, 0.1) is 0 Å². The number of methoxy groups -OCH3 is 3. The van der Waals surface area contributed by atoms with Crippen LogP contribution >= 0.6 is 0 Å². The van der Waals surface area contributed by atoms with Gasteiger partial charge < -0.3 is 19.3 Å². The molecule has 35 heavy (non-hydrogen) atoms. The molecule has 0 saturated carbocycles. The van der Waals surface area contributed by atoms with E-state index in [1.807, 2.05) is 0 Å². The van der Waals surface area contributed by atoms with E-state index in [9.17, 15) is 18.3 Å². The van der Waals surface area contributed by atoms with Crippen molar-refractivity contribution in [3.63, 3.8) is 0 Å². The normalized spacial score (nSPS) is 11.2. The molecule has 0 radical (unpaired) electrons. The van der Waals surface area contributed by atoms with Crippen molar-refractivity contribution in [1.82, 2.24) is 5.43 Å². The first-order valence-corrected chi connectivity index (χ1v) is 11.7. The summed E-state index contributed by atoms with van der Waals surface area (Å²) in [6, 6.07) is 16.8. The third-order valence-corrected chi connectivity index (χ3v) is 6.69. The van der Waals surface area contributed by atoms with Gasteiger partial charge in [-0.25, -0.2) is 13.8 Å². The van der Waals surface area contributed by atoms with Crippen LogP contribution in [0.5, 0.6) is 23.0 Å². The van der Waals surface area contributed by atoms with Crippen LogP contribution in [0.15, 0.2) is 76.7 Å². The van der Waals surface area contributed by atoms with E-state index in [2.05, 4.69) is 10.5 Å². The van der Waals surface area contributed by atoms with Gasteiger partial charge in [-0.3, -0.25) is 9.10 Å². The van der Waals surface area contributed by atoms with E-state index in [1.165, 1.54) is 63.9 Å². The van der Waals surface area contributed by atoms with Crippen LogP contribution in [-0.4, -0.2) is 53.5 Å². The van der Waals surface area contributed by atoms with E-state index in [4.69, 9.17) is 14.2 Å². The summed E-state index contributed by atoms with van der Waals surface area (Å²) in [5.74, 6) is 0.394. The predicted molar refractivity (Wildman–Crippen MR) is 131 cm³/mol. The summed E-state index contributed by atoms with van der Waals surface area (Å²) in [6.07, 6.45) is 1.26. The molecule has 11 heteroatoms. The molecule has 2 N–H and O–H groups in total. The first-order chi connectivity index (χ1) is 16.8. The first-order valence-electron chi connectivity index (χ1n) is 10.3. The second kappa shape index (κ2) is 11.3. The molecule has 1 amide bonds. The maximum absolute atomic E-state index is 13.6. The van der Waals surface area contributed by atoms with E-state index in [0.29, 0.717) is 17.1 Å². The Hall–Kier alpha value is -4.25. The molecule has 0 aliphatic carbocycles. The highest BCUT2D eigenvalue weighted by molar-refractivity contribution is 7.92. The molecule has 0 spiro atoms. The number of hydrazone groups is 1. The van der Waals surface area contributed by atoms with Crippen molar-refractivity contribution in [2.75, 3.05) is 32.2 Å². The van der Waals surface area contributed by atoms with Gasteiger partial charge in [-0.15, -0.1) is 0 Å². The van der Waals surface area contributed by atoms with Crippen molar-refractivity contribution < 1.29 is 32.5 Å². The highest BCUT2D eigenvalue weighted by Crippen LogP contribution is 2.32. The molecule has 3 aromatic rings. The average molecular weight is 500 g/mol. The second-order valence-electron chi connectivity index (χ2n) is 7.08. The summed E-state index contributed by atoms with van der Waals surface area (Å²) in [5, 5.41) is 13.6. The first kappa shape index (κ1) is 25.4. The molecule has 10 nitrogen and oxygen atoms in total. The number of hydrogen-bond acceptors (Lipinski definition) is 8. The summed E-state index contributed by atoms with van der Waals surface area (Å²) >= 11 is 0. The number of aromatic hydroxyl groups is 1. The van der Waals surface area contributed by atoms with E-state index in [1.54, 1.807) is 30.3 Å². The molecule has 0 atom stereocenters. The number of nitrogens with zero attached hydrogens (tertiary/aromatic N) is 2. The Morgan fingerprint density at radius 3 is 2.29 bits per heavy atom. The van der Waals surface area contributed by atoms with Crippen LogP contribution in [-0.2, 0) is 14.8 Å². The summed E-state index contributed by atoms with van der Waals surface area (Å²) in [4.78, 5) is 12.6. The van der Waals surface area contributed by atoms with Gasteiger partial charge in [0.25, 0.3) is 15.9 Å². The maximum atomic E-state index is 13.6. The molecular weight excluding hydrogens is 474 g/mol. The number of phenols is 1. The zero-order chi connectivity index (χ0) is 25.4. The molecular formula is C24H25N3O7S. The predicted octanol–water partition coefficient (Wildman–Crippen LogP) is 2.76. The monoisotopic (exact) mass is 499 g/mol. The lowest BCUT2D eigenvalue weighted by Gasteiger charge is -2.24. The highest BCUT2D eigenvalue weighted by atomic mass is 32.2. The molecule has 0 aromatic heterocycles. The fraction of sp³-hybridized carbons (Fsp3) is 0.167. The van der Waals surface area contributed by atoms with Gasteiger partial charge >= 0.3 is 0 Å². The zero-order valence-corrected chi connectivity index (χ0v) is 20.2. The van der Waals surface area contributed by atoms with Gasteiger partial charge in [-0.2, -0.15) is 5.10 Å². The number of phenolic OH excluding ortho intramolecular Hbond substituents is 1.